The van der Waals surface area contributed by atoms with Gasteiger partial charge in [0.05, 0.1) is 21.2 Å². The lowest BCUT2D eigenvalue weighted by Gasteiger charge is -2.34. The van der Waals surface area contributed by atoms with Gasteiger partial charge in [0.1, 0.15) is 6.54 Å². The van der Waals surface area contributed by atoms with Gasteiger partial charge in [0, 0.05) is 18.1 Å². The van der Waals surface area contributed by atoms with Crippen molar-refractivity contribution >= 4 is 44.8 Å². The molecule has 12 heteroatoms. The zero-order valence-corrected chi connectivity index (χ0v) is 19.7. The van der Waals surface area contributed by atoms with Crippen LogP contribution in [0.1, 0.15) is 18.4 Å². The summed E-state index contributed by atoms with van der Waals surface area (Å²) in [7, 11) is -4.46. The number of carbonyl (C=O) groups is 1. The van der Waals surface area contributed by atoms with E-state index in [0.717, 1.165) is 18.6 Å². The van der Waals surface area contributed by atoms with Gasteiger partial charge >= 0.3 is 6.18 Å². The largest absolute Gasteiger partial charge is 0.416 e. The van der Waals surface area contributed by atoms with Crippen LogP contribution in [0.4, 0.5) is 18.9 Å². The third-order valence-electron chi connectivity index (χ3n) is 5.43. The van der Waals surface area contributed by atoms with Crippen LogP contribution in [0.25, 0.3) is 0 Å². The molecular weight excluding hydrogens is 502 g/mol. The van der Waals surface area contributed by atoms with Crippen molar-refractivity contribution in [3.63, 3.8) is 0 Å². The number of amides is 1. The Bertz CT molecular complexity index is 1110. The minimum absolute atomic E-state index is 0.0705. The van der Waals surface area contributed by atoms with Gasteiger partial charge in [0.15, 0.2) is 0 Å². The van der Waals surface area contributed by atoms with Gasteiger partial charge in [-0.2, -0.15) is 13.2 Å². The number of benzene rings is 2. The molecule has 0 aliphatic carbocycles. The van der Waals surface area contributed by atoms with E-state index in [1.165, 1.54) is 29.2 Å². The average molecular weight is 524 g/mol. The summed E-state index contributed by atoms with van der Waals surface area (Å²) in [6.45, 7) is 0.403. The molecular formula is C21H22Cl2F3N3O3S. The molecule has 1 amide bonds. The summed E-state index contributed by atoms with van der Waals surface area (Å²) >= 11 is 12.0. The van der Waals surface area contributed by atoms with Gasteiger partial charge in [-0.15, -0.1) is 0 Å². The molecule has 1 saturated heterocycles. The Morgan fingerprint density at radius 2 is 1.82 bits per heavy atom. The number of rotatable bonds is 6. The van der Waals surface area contributed by atoms with Gasteiger partial charge in [-0.1, -0.05) is 23.2 Å². The molecule has 0 radical (unpaired) electrons. The van der Waals surface area contributed by atoms with Gasteiger partial charge in [0.2, 0.25) is 5.91 Å². The maximum atomic E-state index is 13.4. The molecule has 2 aromatic rings. The third kappa shape index (κ3) is 5.92. The molecule has 1 atom stereocenters. The molecule has 0 saturated carbocycles. The summed E-state index contributed by atoms with van der Waals surface area (Å²) in [5.41, 5.74) is 4.18. The second-order valence-electron chi connectivity index (χ2n) is 7.71. The van der Waals surface area contributed by atoms with E-state index in [4.69, 9.17) is 28.9 Å². The normalized spacial score (nSPS) is 17.2. The maximum absolute atomic E-state index is 13.4. The number of anilines is 1. The molecule has 180 valence electrons. The van der Waals surface area contributed by atoms with Gasteiger partial charge in [-0.25, -0.2) is 8.42 Å². The maximum Gasteiger partial charge on any atom is 0.416 e. The number of halogens is 5. The first kappa shape index (κ1) is 25.6. The Hall–Kier alpha value is -2.01. The highest BCUT2D eigenvalue weighted by Gasteiger charge is 2.35. The van der Waals surface area contributed by atoms with E-state index >= 15 is 0 Å². The highest BCUT2D eigenvalue weighted by molar-refractivity contribution is 7.92. The van der Waals surface area contributed by atoms with Crippen LogP contribution in [0, 0.1) is 5.92 Å². The summed E-state index contributed by atoms with van der Waals surface area (Å²) in [5.74, 6) is -0.486. The van der Waals surface area contributed by atoms with Crippen molar-refractivity contribution in [3.8, 4) is 0 Å². The average Bonchev–Trinajstić information content (AvgIpc) is 2.77. The molecule has 2 N–H and O–H groups in total. The zero-order valence-electron chi connectivity index (χ0n) is 17.4. The fourth-order valence-corrected chi connectivity index (χ4v) is 5.44. The number of sulfonamides is 1. The Kier molecular flexibility index (Phi) is 7.83. The van der Waals surface area contributed by atoms with Gasteiger partial charge < -0.3 is 10.6 Å². The number of piperidine rings is 1. The Balaban J connectivity index is 2.06. The lowest BCUT2D eigenvalue weighted by molar-refractivity contribution is -0.137. The van der Waals surface area contributed by atoms with Crippen molar-refractivity contribution in [2.75, 3.05) is 30.5 Å². The Morgan fingerprint density at radius 3 is 2.42 bits per heavy atom. The van der Waals surface area contributed by atoms with Crippen LogP contribution in [-0.4, -0.2) is 45.4 Å². The molecule has 1 aliphatic heterocycles. The minimum Gasteiger partial charge on any atom is -0.341 e. The van der Waals surface area contributed by atoms with Crippen molar-refractivity contribution < 1.29 is 26.4 Å². The molecule has 0 bridgehead atoms. The fraction of sp³-hybridized carbons (Fsp3) is 0.381. The van der Waals surface area contributed by atoms with Gasteiger partial charge in [-0.3, -0.25) is 9.10 Å². The van der Waals surface area contributed by atoms with E-state index in [1.54, 1.807) is 0 Å². The lowest BCUT2D eigenvalue weighted by atomic mass is 9.98. The molecule has 1 aliphatic rings. The molecule has 0 aromatic heterocycles. The number of likely N-dealkylation sites (tertiary alicyclic amines) is 1. The second kappa shape index (κ2) is 10.1. The molecule has 6 nitrogen and oxygen atoms in total. The predicted molar refractivity (Wildman–Crippen MR) is 121 cm³/mol. The Labute approximate surface area is 200 Å². The third-order valence-corrected chi connectivity index (χ3v) is 7.77. The molecule has 2 aromatic carbocycles. The van der Waals surface area contributed by atoms with E-state index in [1.807, 2.05) is 0 Å². The number of carbonyl (C=O) groups excluding carboxylic acids is 1. The van der Waals surface area contributed by atoms with Crippen LogP contribution in [0.15, 0.2) is 47.4 Å². The van der Waals surface area contributed by atoms with Crippen LogP contribution >= 0.6 is 23.2 Å². The number of alkyl halides is 3. The standard InChI is InChI=1S/C21H22Cl2F3N3O3S/c22-16-4-6-17(7-5-16)33(31,32)29(13-20(30)28-9-1-2-14(11-27)12-28)19-10-15(21(24,25)26)3-8-18(19)23/h3-8,10,14H,1-2,9,11-13,27H2. The summed E-state index contributed by atoms with van der Waals surface area (Å²) in [4.78, 5) is 14.3. The van der Waals surface area contributed by atoms with E-state index < -0.39 is 39.9 Å². The van der Waals surface area contributed by atoms with Crippen molar-refractivity contribution in [2.24, 2.45) is 11.7 Å². The smallest absolute Gasteiger partial charge is 0.341 e. The summed E-state index contributed by atoms with van der Waals surface area (Å²) < 4.78 is 67.6. The second-order valence-corrected chi connectivity index (χ2v) is 10.4. The highest BCUT2D eigenvalue weighted by Crippen LogP contribution is 2.37. The van der Waals surface area contributed by atoms with Gasteiger partial charge in [-0.05, 0) is 67.8 Å². The number of nitrogens with two attached hydrogens (primary N) is 1. The first-order valence-electron chi connectivity index (χ1n) is 10.1. The monoisotopic (exact) mass is 523 g/mol. The van der Waals surface area contributed by atoms with Crippen LogP contribution in [0.3, 0.4) is 0 Å². The van der Waals surface area contributed by atoms with Crippen LogP contribution in [-0.2, 0) is 21.0 Å². The number of hydrogen-bond donors (Lipinski definition) is 1. The first-order valence-corrected chi connectivity index (χ1v) is 12.3. The fourth-order valence-electron chi connectivity index (χ4n) is 3.62. The predicted octanol–water partition coefficient (Wildman–Crippen LogP) is 4.40. The van der Waals surface area contributed by atoms with Gasteiger partial charge in [0.25, 0.3) is 10.0 Å². The van der Waals surface area contributed by atoms with Crippen LogP contribution in [0.2, 0.25) is 10.0 Å². The SMILES string of the molecule is NCC1CCCN(C(=O)CN(c2cc(C(F)(F)F)ccc2Cl)S(=O)(=O)c2ccc(Cl)cc2)C1. The topological polar surface area (TPSA) is 83.7 Å². The zero-order chi connectivity index (χ0) is 24.4. The van der Waals surface area contributed by atoms with Crippen molar-refractivity contribution in [1.29, 1.82) is 0 Å². The van der Waals surface area contributed by atoms with Crippen LogP contribution in [0.5, 0.6) is 0 Å². The summed E-state index contributed by atoms with van der Waals surface area (Å²) in [6.07, 6.45) is -3.20. The lowest BCUT2D eigenvalue weighted by Crippen LogP contribution is -2.47. The Morgan fingerprint density at radius 1 is 1.15 bits per heavy atom. The van der Waals surface area contributed by atoms with E-state index in [-0.39, 0.29) is 20.9 Å². The highest BCUT2D eigenvalue weighted by atomic mass is 35.5. The number of hydrogen-bond acceptors (Lipinski definition) is 4. The van der Waals surface area contributed by atoms with E-state index in [9.17, 15) is 26.4 Å². The molecule has 1 fully saturated rings. The minimum atomic E-state index is -4.74. The quantitative estimate of drug-likeness (QED) is 0.607. The van der Waals surface area contributed by atoms with Crippen molar-refractivity contribution in [1.82, 2.24) is 4.90 Å². The molecule has 1 heterocycles. The summed E-state index contributed by atoms with van der Waals surface area (Å²) in [6, 6.07) is 7.42. The summed E-state index contributed by atoms with van der Waals surface area (Å²) in [5, 5.41) is 0.0293. The van der Waals surface area contributed by atoms with E-state index in [2.05, 4.69) is 0 Å². The molecule has 33 heavy (non-hydrogen) atoms. The van der Waals surface area contributed by atoms with Crippen LogP contribution < -0.4 is 10.0 Å². The number of nitrogens with zero attached hydrogens (tertiary/aromatic N) is 2. The molecule has 1 unspecified atom stereocenters. The molecule has 0 spiro atoms. The first-order chi connectivity index (χ1) is 15.4. The molecule has 3 rings (SSSR count). The van der Waals surface area contributed by atoms with Crippen molar-refractivity contribution in [3.05, 3.63) is 58.1 Å². The van der Waals surface area contributed by atoms with Crippen molar-refractivity contribution in [2.45, 2.75) is 23.9 Å². The van der Waals surface area contributed by atoms with E-state index in [0.29, 0.717) is 36.4 Å².